The number of amides is 1. The van der Waals surface area contributed by atoms with Crippen LogP contribution in [0.2, 0.25) is 0 Å². The van der Waals surface area contributed by atoms with Crippen molar-refractivity contribution in [3.8, 4) is 5.75 Å². The maximum Gasteiger partial charge on any atom is 0.249 e. The molecule has 0 radical (unpaired) electrons. The van der Waals surface area contributed by atoms with Gasteiger partial charge in [0.2, 0.25) is 5.91 Å². The first-order valence-corrected chi connectivity index (χ1v) is 11.0. The van der Waals surface area contributed by atoms with Crippen LogP contribution in [-0.2, 0) is 22.6 Å². The number of ether oxygens (including phenoxy) is 2. The molecule has 1 aliphatic rings. The third kappa shape index (κ3) is 4.67. The summed E-state index contributed by atoms with van der Waals surface area (Å²) in [6, 6.07) is 5.95. The molecule has 3 aromatic rings. The predicted molar refractivity (Wildman–Crippen MR) is 128 cm³/mol. The van der Waals surface area contributed by atoms with Gasteiger partial charge in [0.1, 0.15) is 23.4 Å². The Kier molecular flexibility index (Phi) is 6.69. The number of benzene rings is 1. The van der Waals surface area contributed by atoms with E-state index in [4.69, 9.17) is 9.47 Å². The number of aryl methyl sites for hydroxylation is 1. The summed E-state index contributed by atoms with van der Waals surface area (Å²) in [5.74, 6) is 0.726. The third-order valence-electron chi connectivity index (χ3n) is 6.05. The minimum Gasteiger partial charge on any atom is -0.496 e. The number of halogens is 1. The molecule has 0 spiro atoms. The molecule has 0 saturated heterocycles. The highest BCUT2D eigenvalue weighted by Gasteiger charge is 2.36. The molecule has 10 heteroatoms. The van der Waals surface area contributed by atoms with Crippen LogP contribution >= 0.6 is 0 Å². The molecular weight excluding hydrogens is 439 g/mol. The summed E-state index contributed by atoms with van der Waals surface area (Å²) < 4.78 is 25.9. The molecule has 2 N–H and O–H groups in total. The second-order valence-corrected chi connectivity index (χ2v) is 8.33. The van der Waals surface area contributed by atoms with Crippen LogP contribution in [0.15, 0.2) is 36.7 Å². The van der Waals surface area contributed by atoms with Gasteiger partial charge >= 0.3 is 0 Å². The number of fused-ring (bicyclic) bond motifs is 1. The molecule has 0 saturated carbocycles. The molecule has 0 bridgehead atoms. The summed E-state index contributed by atoms with van der Waals surface area (Å²) in [5.41, 5.74) is 4.11. The highest BCUT2D eigenvalue weighted by Crippen LogP contribution is 2.36. The van der Waals surface area contributed by atoms with E-state index in [-0.39, 0.29) is 17.8 Å². The molecule has 0 fully saturated rings. The third-order valence-corrected chi connectivity index (χ3v) is 6.05. The second-order valence-electron chi connectivity index (χ2n) is 8.33. The van der Waals surface area contributed by atoms with Crippen molar-refractivity contribution in [2.24, 2.45) is 0 Å². The SMILES string of the molecule is COc1cc(F)ccc1Cn1cc(CNc2cc3c(c(C)n2)NC(=O)[C@H]([C@@H](C)OC)N3C)cn1. The minimum absolute atomic E-state index is 0.111. The first-order chi connectivity index (χ1) is 16.3. The Morgan fingerprint density at radius 1 is 1.29 bits per heavy atom. The summed E-state index contributed by atoms with van der Waals surface area (Å²) in [5, 5.41) is 10.7. The van der Waals surface area contributed by atoms with E-state index in [1.807, 2.05) is 38.1 Å². The van der Waals surface area contributed by atoms with Crippen molar-refractivity contribution in [1.29, 1.82) is 0 Å². The molecule has 1 aromatic carbocycles. The summed E-state index contributed by atoms with van der Waals surface area (Å²) in [6.07, 6.45) is 3.43. The van der Waals surface area contributed by atoms with Crippen LogP contribution in [0.4, 0.5) is 21.6 Å². The largest absolute Gasteiger partial charge is 0.496 e. The lowest BCUT2D eigenvalue weighted by molar-refractivity contribution is -0.120. The Morgan fingerprint density at radius 2 is 2.09 bits per heavy atom. The molecule has 180 valence electrons. The molecule has 2 aromatic heterocycles. The number of likely N-dealkylation sites (N-methyl/N-ethyl adjacent to an activating group) is 1. The van der Waals surface area contributed by atoms with Crippen molar-refractivity contribution in [3.05, 3.63) is 59.3 Å². The molecule has 3 heterocycles. The van der Waals surface area contributed by atoms with Crippen LogP contribution in [-0.4, -0.2) is 54.1 Å². The number of aromatic nitrogens is 3. The van der Waals surface area contributed by atoms with E-state index in [2.05, 4.69) is 20.7 Å². The molecule has 2 atom stereocenters. The van der Waals surface area contributed by atoms with E-state index in [1.165, 1.54) is 19.2 Å². The zero-order valence-electron chi connectivity index (χ0n) is 19.9. The van der Waals surface area contributed by atoms with Gasteiger partial charge in [0.15, 0.2) is 0 Å². The maximum atomic E-state index is 13.4. The average Bonchev–Trinajstić information content (AvgIpc) is 3.26. The van der Waals surface area contributed by atoms with Gasteiger partial charge < -0.3 is 25.0 Å². The number of carbonyl (C=O) groups is 1. The van der Waals surface area contributed by atoms with Crippen LogP contribution in [0.3, 0.4) is 0 Å². The number of hydrogen-bond donors (Lipinski definition) is 2. The Hall–Kier alpha value is -3.66. The lowest BCUT2D eigenvalue weighted by Crippen LogP contribution is -2.52. The van der Waals surface area contributed by atoms with Gasteiger partial charge in [-0.25, -0.2) is 9.37 Å². The normalized spacial score (nSPS) is 16.1. The van der Waals surface area contributed by atoms with E-state index >= 15 is 0 Å². The van der Waals surface area contributed by atoms with Gasteiger partial charge in [-0.1, -0.05) is 6.07 Å². The Labute approximate surface area is 197 Å². The van der Waals surface area contributed by atoms with Gasteiger partial charge in [0, 0.05) is 50.2 Å². The Balaban J connectivity index is 1.47. The molecule has 0 aliphatic carbocycles. The number of pyridine rings is 1. The average molecular weight is 469 g/mol. The zero-order valence-corrected chi connectivity index (χ0v) is 19.9. The quantitative estimate of drug-likeness (QED) is 0.524. The van der Waals surface area contributed by atoms with Gasteiger partial charge in [0.25, 0.3) is 0 Å². The minimum atomic E-state index is -0.436. The number of methoxy groups -OCH3 is 2. The summed E-state index contributed by atoms with van der Waals surface area (Å²) in [6.45, 7) is 4.72. The molecule has 4 rings (SSSR count). The Bertz CT molecular complexity index is 1200. The fourth-order valence-corrected chi connectivity index (χ4v) is 4.16. The molecule has 34 heavy (non-hydrogen) atoms. The Morgan fingerprint density at radius 3 is 2.82 bits per heavy atom. The lowest BCUT2D eigenvalue weighted by Gasteiger charge is -2.38. The van der Waals surface area contributed by atoms with Gasteiger partial charge in [-0.05, 0) is 19.9 Å². The van der Waals surface area contributed by atoms with E-state index in [9.17, 15) is 9.18 Å². The van der Waals surface area contributed by atoms with Crippen molar-refractivity contribution in [1.82, 2.24) is 14.8 Å². The maximum absolute atomic E-state index is 13.4. The van der Waals surface area contributed by atoms with E-state index in [0.717, 1.165) is 22.5 Å². The van der Waals surface area contributed by atoms with E-state index in [0.29, 0.717) is 30.3 Å². The fraction of sp³-hybridized carbons (Fsp3) is 0.375. The second kappa shape index (κ2) is 9.68. The summed E-state index contributed by atoms with van der Waals surface area (Å²) in [7, 11) is 5.00. The van der Waals surface area contributed by atoms with Crippen LogP contribution in [0, 0.1) is 12.7 Å². The topological polar surface area (TPSA) is 93.5 Å². The van der Waals surface area contributed by atoms with Crippen LogP contribution in [0.25, 0.3) is 0 Å². The van der Waals surface area contributed by atoms with Gasteiger partial charge in [0.05, 0.1) is 43.0 Å². The fourth-order valence-electron chi connectivity index (χ4n) is 4.16. The first-order valence-electron chi connectivity index (χ1n) is 11.0. The number of nitrogens with zero attached hydrogens (tertiary/aromatic N) is 4. The number of hydrogen-bond acceptors (Lipinski definition) is 7. The van der Waals surface area contributed by atoms with Crippen molar-refractivity contribution in [2.45, 2.75) is 39.1 Å². The molecule has 0 unspecified atom stereocenters. The standard InChI is InChI=1S/C24H29FN6O3/c1-14-22-19(30(3)23(15(2)33-4)24(32)29-22)9-21(28-14)26-10-16-11-27-31(12-16)13-17-6-7-18(25)8-20(17)34-5/h6-9,11-12,15,23H,10,13H2,1-5H3,(H,26,28)(H,29,32)/t15-,23+/m1/s1. The molecule has 1 aliphatic heterocycles. The predicted octanol–water partition coefficient (Wildman–Crippen LogP) is 3.19. The van der Waals surface area contributed by atoms with Gasteiger partial charge in [-0.3, -0.25) is 9.48 Å². The smallest absolute Gasteiger partial charge is 0.249 e. The highest BCUT2D eigenvalue weighted by atomic mass is 19.1. The molecule has 1 amide bonds. The zero-order chi connectivity index (χ0) is 24.4. The lowest BCUT2D eigenvalue weighted by atomic mass is 10.0. The highest BCUT2D eigenvalue weighted by molar-refractivity contribution is 6.04. The van der Waals surface area contributed by atoms with Crippen LogP contribution in [0.1, 0.15) is 23.7 Å². The number of rotatable bonds is 8. The van der Waals surface area contributed by atoms with Gasteiger partial charge in [-0.15, -0.1) is 0 Å². The summed E-state index contributed by atoms with van der Waals surface area (Å²) >= 11 is 0. The van der Waals surface area contributed by atoms with E-state index in [1.54, 1.807) is 24.1 Å². The van der Waals surface area contributed by atoms with Crippen LogP contribution < -0.4 is 20.3 Å². The summed E-state index contributed by atoms with van der Waals surface area (Å²) in [4.78, 5) is 19.1. The first kappa shape index (κ1) is 23.5. The van der Waals surface area contributed by atoms with Crippen molar-refractivity contribution in [2.75, 3.05) is 36.8 Å². The number of carbonyl (C=O) groups excluding carboxylic acids is 1. The van der Waals surface area contributed by atoms with E-state index < -0.39 is 6.04 Å². The van der Waals surface area contributed by atoms with Crippen LogP contribution in [0.5, 0.6) is 5.75 Å². The monoisotopic (exact) mass is 468 g/mol. The van der Waals surface area contributed by atoms with Crippen molar-refractivity contribution in [3.63, 3.8) is 0 Å². The molecular formula is C24H29FN6O3. The van der Waals surface area contributed by atoms with Crippen molar-refractivity contribution >= 4 is 23.1 Å². The van der Waals surface area contributed by atoms with Gasteiger partial charge in [-0.2, -0.15) is 5.10 Å². The van der Waals surface area contributed by atoms with Crippen molar-refractivity contribution < 1.29 is 18.7 Å². The molecule has 9 nitrogen and oxygen atoms in total. The number of nitrogens with one attached hydrogen (secondary N) is 2. The number of anilines is 3.